The second-order valence-electron chi connectivity index (χ2n) is 6.54. The first-order chi connectivity index (χ1) is 13.9. The van der Waals surface area contributed by atoms with Crippen molar-refractivity contribution in [3.63, 3.8) is 0 Å². The molecule has 0 saturated heterocycles. The Labute approximate surface area is 173 Å². The van der Waals surface area contributed by atoms with Crippen molar-refractivity contribution in [3.8, 4) is 5.88 Å². The van der Waals surface area contributed by atoms with Crippen molar-refractivity contribution < 1.29 is 9.53 Å². The average molecular weight is 414 g/mol. The molecule has 2 aromatic heterocycles. The fraction of sp³-hybridized carbons (Fsp3) is 0.333. The van der Waals surface area contributed by atoms with E-state index in [4.69, 9.17) is 22.7 Å². The Balaban J connectivity index is 1.77. The molecule has 0 saturated carbocycles. The monoisotopic (exact) mass is 414 g/mol. The number of thiocarbonyl (C=S) groups is 1. The number of pyridine rings is 1. The number of carbonyl (C=O) groups is 1. The highest BCUT2D eigenvalue weighted by Crippen LogP contribution is 2.33. The predicted molar refractivity (Wildman–Crippen MR) is 114 cm³/mol. The lowest BCUT2D eigenvalue weighted by atomic mass is 10.1. The molecule has 1 amide bonds. The number of aromatic nitrogens is 3. The van der Waals surface area contributed by atoms with Gasteiger partial charge in [-0.05, 0) is 37.7 Å². The summed E-state index contributed by atoms with van der Waals surface area (Å²) in [7, 11) is 1.44. The summed E-state index contributed by atoms with van der Waals surface area (Å²) in [4.78, 5) is 30.3. The number of amides is 1. The van der Waals surface area contributed by atoms with Gasteiger partial charge in [-0.2, -0.15) is 0 Å². The Morgan fingerprint density at radius 3 is 2.86 bits per heavy atom. The molecule has 3 rings (SSSR count). The van der Waals surface area contributed by atoms with Crippen LogP contribution in [-0.2, 0) is 6.42 Å². The van der Waals surface area contributed by atoms with Crippen molar-refractivity contribution >= 4 is 40.8 Å². The summed E-state index contributed by atoms with van der Waals surface area (Å²) < 4.78 is 5.05. The molecule has 1 unspecified atom stereocenters. The van der Waals surface area contributed by atoms with Gasteiger partial charge in [-0.1, -0.05) is 0 Å². The van der Waals surface area contributed by atoms with E-state index < -0.39 is 6.09 Å². The number of aliphatic imine (C=N–C) groups is 1. The largest absolute Gasteiger partial charge is 0.413 e. The molecule has 10 nitrogen and oxygen atoms in total. The molecule has 11 heteroatoms. The third-order valence-corrected chi connectivity index (χ3v) is 4.52. The summed E-state index contributed by atoms with van der Waals surface area (Å²) in [6.45, 7) is 4.17. The van der Waals surface area contributed by atoms with Crippen LogP contribution in [0.4, 0.5) is 16.3 Å². The number of ether oxygens (including phenoxy) is 1. The molecule has 0 aliphatic carbocycles. The van der Waals surface area contributed by atoms with Gasteiger partial charge in [0.1, 0.15) is 5.84 Å². The molecule has 0 fully saturated rings. The van der Waals surface area contributed by atoms with Gasteiger partial charge in [0, 0.05) is 38.1 Å². The summed E-state index contributed by atoms with van der Waals surface area (Å²) in [5, 5.41) is 5.24. The molecule has 0 radical (unpaired) electrons. The molecule has 0 spiro atoms. The Kier molecular flexibility index (Phi) is 6.17. The van der Waals surface area contributed by atoms with E-state index in [0.29, 0.717) is 12.3 Å². The van der Waals surface area contributed by atoms with Crippen molar-refractivity contribution in [3.05, 3.63) is 36.4 Å². The van der Waals surface area contributed by atoms with E-state index >= 15 is 0 Å². The summed E-state index contributed by atoms with van der Waals surface area (Å²) in [5.41, 5.74) is 8.51. The van der Waals surface area contributed by atoms with Gasteiger partial charge in [-0.3, -0.25) is 4.98 Å². The topological polar surface area (TPSA) is 131 Å². The molecule has 3 heterocycles. The van der Waals surface area contributed by atoms with Crippen molar-refractivity contribution in [2.45, 2.75) is 32.4 Å². The minimum atomic E-state index is -0.674. The van der Waals surface area contributed by atoms with Crippen LogP contribution in [0.3, 0.4) is 0 Å². The molecular formula is C18H22N8O2S. The highest BCUT2D eigenvalue weighted by Gasteiger charge is 2.33. The van der Waals surface area contributed by atoms with Gasteiger partial charge in [0.15, 0.2) is 10.9 Å². The number of rotatable bonds is 4. The third-order valence-electron chi connectivity index (χ3n) is 4.33. The second kappa shape index (κ2) is 8.78. The zero-order valence-corrected chi connectivity index (χ0v) is 17.1. The van der Waals surface area contributed by atoms with Crippen LogP contribution < -0.4 is 26.0 Å². The zero-order valence-electron chi connectivity index (χ0n) is 16.3. The van der Waals surface area contributed by atoms with Crippen LogP contribution in [0.25, 0.3) is 0 Å². The van der Waals surface area contributed by atoms with Gasteiger partial charge >= 0.3 is 6.09 Å². The normalized spacial score (nSPS) is 15.8. The zero-order chi connectivity index (χ0) is 21.0. The maximum Gasteiger partial charge on any atom is 0.413 e. The molecule has 0 aromatic carbocycles. The van der Waals surface area contributed by atoms with E-state index in [1.807, 2.05) is 12.3 Å². The van der Waals surface area contributed by atoms with Gasteiger partial charge < -0.3 is 26.0 Å². The lowest BCUT2D eigenvalue weighted by Gasteiger charge is -2.30. The highest BCUT2D eigenvalue weighted by atomic mass is 32.1. The lowest BCUT2D eigenvalue weighted by molar-refractivity contribution is 0.201. The van der Waals surface area contributed by atoms with Gasteiger partial charge in [0.25, 0.3) is 5.88 Å². The Hall–Kier alpha value is -3.34. The number of nitrogens with zero attached hydrogens (tertiary/aromatic N) is 5. The number of nitrogens with two attached hydrogens (primary N) is 1. The Morgan fingerprint density at radius 1 is 1.38 bits per heavy atom. The molecule has 4 N–H and O–H groups in total. The first-order valence-corrected chi connectivity index (χ1v) is 9.38. The highest BCUT2D eigenvalue weighted by molar-refractivity contribution is 7.80. The molecule has 1 atom stereocenters. The maximum atomic E-state index is 11.5. The maximum absolute atomic E-state index is 11.5. The third kappa shape index (κ3) is 4.57. The van der Waals surface area contributed by atoms with Crippen LogP contribution in [-0.4, -0.2) is 51.1 Å². The van der Waals surface area contributed by atoms with Gasteiger partial charge in [0.05, 0.1) is 17.9 Å². The number of fused-ring (bicyclic) bond motifs is 1. The van der Waals surface area contributed by atoms with E-state index in [9.17, 15) is 4.79 Å². The number of amidine groups is 1. The van der Waals surface area contributed by atoms with Crippen LogP contribution in [0, 0.1) is 0 Å². The SMILES string of the molecule is CNC(=O)Oc1nccnc1NC(=S)/N=C(\N)C1Cc2ccncc2N1C(C)C. The minimum absolute atomic E-state index is 0.0221. The summed E-state index contributed by atoms with van der Waals surface area (Å²) in [6.07, 6.45) is 6.48. The van der Waals surface area contributed by atoms with E-state index in [0.717, 1.165) is 11.3 Å². The van der Waals surface area contributed by atoms with E-state index in [2.05, 4.69) is 49.3 Å². The molecule has 2 aromatic rings. The van der Waals surface area contributed by atoms with E-state index in [1.54, 1.807) is 6.20 Å². The van der Waals surface area contributed by atoms with Crippen LogP contribution in [0.1, 0.15) is 19.4 Å². The molecule has 29 heavy (non-hydrogen) atoms. The van der Waals surface area contributed by atoms with Crippen LogP contribution in [0.2, 0.25) is 0 Å². The lowest BCUT2D eigenvalue weighted by Crippen LogP contribution is -2.46. The number of nitrogens with one attached hydrogen (secondary N) is 2. The number of anilines is 2. The van der Waals surface area contributed by atoms with Crippen molar-refractivity contribution in [1.29, 1.82) is 0 Å². The standard InChI is InChI=1S/C18H22N8O2S/c1-10(2)26-12(8-11-4-5-21-9-13(11)26)14(19)24-17(29)25-15-16(23-7-6-22-15)28-18(27)20-3/h4-7,9-10,12H,8H2,1-3H3,(H,20,27)(H3,19,22,24,25,29). The summed E-state index contributed by atoms with van der Waals surface area (Å²) in [5.74, 6) is 0.508. The number of hydrogen-bond donors (Lipinski definition) is 3. The Bertz CT molecular complexity index is 949. The minimum Gasteiger partial charge on any atom is -0.387 e. The fourth-order valence-corrected chi connectivity index (χ4v) is 3.33. The van der Waals surface area contributed by atoms with Crippen LogP contribution in [0.5, 0.6) is 5.88 Å². The molecule has 152 valence electrons. The van der Waals surface area contributed by atoms with Gasteiger partial charge in [0.2, 0.25) is 0 Å². The van der Waals surface area contributed by atoms with Crippen molar-refractivity contribution in [2.75, 3.05) is 17.3 Å². The van der Waals surface area contributed by atoms with E-state index in [-0.39, 0.29) is 28.9 Å². The van der Waals surface area contributed by atoms with Crippen LogP contribution in [0.15, 0.2) is 35.8 Å². The molecular weight excluding hydrogens is 392 g/mol. The average Bonchev–Trinajstić information content (AvgIpc) is 3.09. The molecule has 1 aliphatic heterocycles. The van der Waals surface area contributed by atoms with Gasteiger partial charge in [-0.25, -0.2) is 19.8 Å². The number of hydrogen-bond acceptors (Lipinski definition) is 7. The first kappa shape index (κ1) is 20.4. The van der Waals surface area contributed by atoms with Crippen molar-refractivity contribution in [1.82, 2.24) is 20.3 Å². The molecule has 1 aliphatic rings. The van der Waals surface area contributed by atoms with Crippen molar-refractivity contribution in [2.24, 2.45) is 10.7 Å². The quantitative estimate of drug-likeness (QED) is 0.387. The smallest absolute Gasteiger partial charge is 0.387 e. The predicted octanol–water partition coefficient (Wildman–Crippen LogP) is 1.48. The summed E-state index contributed by atoms with van der Waals surface area (Å²) in [6, 6.07) is 2.04. The Morgan fingerprint density at radius 2 is 2.14 bits per heavy atom. The summed E-state index contributed by atoms with van der Waals surface area (Å²) >= 11 is 5.31. The van der Waals surface area contributed by atoms with E-state index in [1.165, 1.54) is 19.4 Å². The van der Waals surface area contributed by atoms with Gasteiger partial charge in [-0.15, -0.1) is 0 Å². The molecule has 0 bridgehead atoms. The first-order valence-electron chi connectivity index (χ1n) is 8.97. The number of carbonyl (C=O) groups excluding carboxylic acids is 1. The fourth-order valence-electron chi connectivity index (χ4n) is 3.13. The van der Waals surface area contributed by atoms with Crippen LogP contribution >= 0.6 is 12.2 Å². The second-order valence-corrected chi connectivity index (χ2v) is 6.93.